The van der Waals surface area contributed by atoms with E-state index < -0.39 is 30.0 Å². The van der Waals surface area contributed by atoms with Crippen LogP contribution in [0.2, 0.25) is 0 Å². The largest absolute Gasteiger partial charge is 0.494 e. The van der Waals surface area contributed by atoms with Crippen molar-refractivity contribution in [3.63, 3.8) is 0 Å². The number of para-hydroxylation sites is 2. The maximum Gasteiger partial charge on any atom is 0.326 e. The Morgan fingerprint density at radius 3 is 2.23 bits per heavy atom. The molecule has 5 N–H and O–H groups in total. The summed E-state index contributed by atoms with van der Waals surface area (Å²) in [4.78, 5) is 38.7. The molecule has 0 saturated heterocycles. The zero-order valence-corrected chi connectivity index (χ0v) is 17.7. The third kappa shape index (κ3) is 5.22. The van der Waals surface area contributed by atoms with Crippen molar-refractivity contribution in [2.75, 3.05) is 10.2 Å². The maximum absolute atomic E-state index is 13.0. The van der Waals surface area contributed by atoms with Crippen molar-refractivity contribution in [1.29, 1.82) is 0 Å². The molecule has 0 radical (unpaired) electrons. The molecule has 1 heterocycles. The average molecular weight is 418 g/mol. The smallest absolute Gasteiger partial charge is 0.326 e. The van der Waals surface area contributed by atoms with E-state index in [1.165, 1.54) is 11.1 Å². The van der Waals surface area contributed by atoms with Gasteiger partial charge in [-0.05, 0) is 24.0 Å². The molecule has 0 aliphatic carbocycles. The number of aliphatic carboxylic acids is 1. The summed E-state index contributed by atoms with van der Waals surface area (Å²) in [5, 5.41) is 27.4. The first-order valence-corrected chi connectivity index (χ1v) is 10.1. The van der Waals surface area contributed by atoms with E-state index in [9.17, 15) is 24.6 Å². The van der Waals surface area contributed by atoms with E-state index in [-0.39, 0.29) is 17.7 Å². The monoisotopic (exact) mass is 418 g/mol. The highest BCUT2D eigenvalue weighted by molar-refractivity contribution is 6.01. The second-order valence-corrected chi connectivity index (χ2v) is 7.55. The normalized spacial score (nSPS) is 16.8. The number of rotatable bonds is 8. The van der Waals surface area contributed by atoms with Gasteiger partial charge in [-0.25, -0.2) is 9.59 Å². The van der Waals surface area contributed by atoms with Gasteiger partial charge in [0.05, 0.1) is 17.6 Å². The second kappa shape index (κ2) is 10.00. The minimum Gasteiger partial charge on any atom is -0.494 e. The first kappa shape index (κ1) is 23.1. The molecule has 0 fully saturated rings. The summed E-state index contributed by atoms with van der Waals surface area (Å²) in [6, 6.07) is 4.33. The summed E-state index contributed by atoms with van der Waals surface area (Å²) >= 11 is 0. The molecule has 4 atom stereocenters. The first-order valence-electron chi connectivity index (χ1n) is 10.1. The third-order valence-electron chi connectivity index (χ3n) is 5.45. The molecular weight excluding hydrogens is 388 g/mol. The molecule has 1 aliphatic rings. The highest BCUT2D eigenvalue weighted by Crippen LogP contribution is 2.30. The summed E-state index contributed by atoms with van der Waals surface area (Å²) < 4.78 is 0. The van der Waals surface area contributed by atoms with Crippen molar-refractivity contribution in [3.05, 3.63) is 36.3 Å². The fourth-order valence-corrected chi connectivity index (χ4v) is 3.15. The van der Waals surface area contributed by atoms with Crippen LogP contribution in [-0.4, -0.2) is 40.2 Å². The molecule has 0 aromatic heterocycles. The summed E-state index contributed by atoms with van der Waals surface area (Å²) in [5.74, 6) is -2.38. The van der Waals surface area contributed by atoms with Crippen molar-refractivity contribution in [1.82, 2.24) is 10.6 Å². The van der Waals surface area contributed by atoms with Crippen LogP contribution in [0.5, 0.6) is 0 Å². The quantitative estimate of drug-likeness (QED) is 0.441. The zero-order chi connectivity index (χ0) is 22.4. The Labute approximate surface area is 176 Å². The number of nitrogens with zero attached hydrogens (tertiary/aromatic N) is 1. The number of aliphatic hydroxyl groups is 1. The second-order valence-electron chi connectivity index (χ2n) is 7.55. The van der Waals surface area contributed by atoms with Gasteiger partial charge in [-0.15, -0.1) is 0 Å². The number of urea groups is 1. The molecule has 3 amide bonds. The standard InChI is InChI=1S/C21H30N4O5/c1-5-12(3)17(19(27)23-18(20(28)29)13(4)6-2)24-21(30)25-11-16(26)22-14-9-7-8-10-15(14)25/h7-13,17-18,22,26H,5-6H2,1-4H3,(H,23,27)(H,24,30)(H,28,29)/t12-,13-,17-,18-/m0/s1. The van der Waals surface area contributed by atoms with Crippen LogP contribution in [0.25, 0.3) is 0 Å². The van der Waals surface area contributed by atoms with E-state index in [4.69, 9.17) is 0 Å². The molecule has 0 spiro atoms. The highest BCUT2D eigenvalue weighted by Gasteiger charge is 2.33. The van der Waals surface area contributed by atoms with Gasteiger partial charge in [0.1, 0.15) is 12.1 Å². The Morgan fingerprint density at radius 1 is 1.03 bits per heavy atom. The number of aliphatic hydroxyl groups excluding tert-OH is 1. The first-order chi connectivity index (χ1) is 14.2. The molecule has 0 bridgehead atoms. The lowest BCUT2D eigenvalue weighted by Crippen LogP contribution is -2.57. The molecule has 1 aromatic carbocycles. The summed E-state index contributed by atoms with van der Waals surface area (Å²) in [7, 11) is 0. The van der Waals surface area contributed by atoms with Gasteiger partial charge in [0.25, 0.3) is 0 Å². The van der Waals surface area contributed by atoms with Gasteiger partial charge in [-0.2, -0.15) is 0 Å². The number of nitrogens with one attached hydrogen (secondary N) is 3. The molecule has 1 aromatic rings. The number of anilines is 2. The van der Waals surface area contributed by atoms with Crippen LogP contribution in [0.3, 0.4) is 0 Å². The van der Waals surface area contributed by atoms with Gasteiger partial charge in [-0.3, -0.25) is 9.69 Å². The van der Waals surface area contributed by atoms with Crippen LogP contribution in [-0.2, 0) is 9.59 Å². The average Bonchev–Trinajstić information content (AvgIpc) is 2.73. The van der Waals surface area contributed by atoms with Gasteiger partial charge in [-0.1, -0.05) is 52.7 Å². The SMILES string of the molecule is CC[C@H](C)[C@H](NC(=O)[C@@H](NC(=O)N1C=C(O)Nc2ccccc21)[C@@H](C)CC)C(=O)O. The molecule has 0 saturated carbocycles. The van der Waals surface area contributed by atoms with Crippen LogP contribution in [0, 0.1) is 11.8 Å². The van der Waals surface area contributed by atoms with E-state index >= 15 is 0 Å². The number of carbonyl (C=O) groups is 3. The van der Waals surface area contributed by atoms with Crippen molar-refractivity contribution in [3.8, 4) is 0 Å². The van der Waals surface area contributed by atoms with Crippen molar-refractivity contribution >= 4 is 29.3 Å². The van der Waals surface area contributed by atoms with Gasteiger partial charge in [0.15, 0.2) is 0 Å². The third-order valence-corrected chi connectivity index (χ3v) is 5.45. The highest BCUT2D eigenvalue weighted by atomic mass is 16.4. The van der Waals surface area contributed by atoms with Crippen LogP contribution in [0.15, 0.2) is 36.3 Å². The van der Waals surface area contributed by atoms with Crippen LogP contribution < -0.4 is 20.9 Å². The number of hydrogen-bond donors (Lipinski definition) is 5. The molecule has 9 nitrogen and oxygen atoms in total. The zero-order valence-electron chi connectivity index (χ0n) is 17.7. The topological polar surface area (TPSA) is 131 Å². The Kier molecular flexibility index (Phi) is 7.68. The van der Waals surface area contributed by atoms with Gasteiger partial charge in [0.2, 0.25) is 11.8 Å². The molecule has 164 valence electrons. The summed E-state index contributed by atoms with van der Waals surface area (Å²) in [5.41, 5.74) is 1.05. The molecular formula is C21H30N4O5. The number of fused-ring (bicyclic) bond motifs is 1. The maximum atomic E-state index is 13.0. The number of benzene rings is 1. The molecule has 9 heteroatoms. The Morgan fingerprint density at radius 2 is 1.63 bits per heavy atom. The Bertz CT molecular complexity index is 825. The Hall–Kier alpha value is -3.23. The van der Waals surface area contributed by atoms with Gasteiger partial charge in [0, 0.05) is 0 Å². The van der Waals surface area contributed by atoms with E-state index in [1.54, 1.807) is 31.2 Å². The minimum atomic E-state index is -1.11. The number of carbonyl (C=O) groups excluding carboxylic acids is 2. The van der Waals surface area contributed by atoms with Gasteiger partial charge >= 0.3 is 12.0 Å². The van der Waals surface area contributed by atoms with Crippen LogP contribution >= 0.6 is 0 Å². The number of hydrogen-bond acceptors (Lipinski definition) is 5. The summed E-state index contributed by atoms with van der Waals surface area (Å²) in [6.45, 7) is 7.29. The van der Waals surface area contributed by atoms with Gasteiger partial charge < -0.3 is 26.2 Å². The van der Waals surface area contributed by atoms with E-state index in [0.29, 0.717) is 24.2 Å². The molecule has 2 rings (SSSR count). The van der Waals surface area contributed by atoms with Crippen molar-refractivity contribution < 1.29 is 24.6 Å². The van der Waals surface area contributed by atoms with E-state index in [0.717, 1.165) is 0 Å². The fourth-order valence-electron chi connectivity index (χ4n) is 3.15. The number of carboxylic acid groups (broad SMARTS) is 1. The molecule has 1 aliphatic heterocycles. The predicted octanol–water partition coefficient (Wildman–Crippen LogP) is 3.02. The Balaban J connectivity index is 2.24. The minimum absolute atomic E-state index is 0.212. The van der Waals surface area contributed by atoms with E-state index in [2.05, 4.69) is 16.0 Å². The van der Waals surface area contributed by atoms with Crippen molar-refractivity contribution in [2.24, 2.45) is 11.8 Å². The number of amides is 3. The van der Waals surface area contributed by atoms with Crippen LogP contribution in [0.1, 0.15) is 40.5 Å². The fraction of sp³-hybridized carbons (Fsp3) is 0.476. The lowest BCUT2D eigenvalue weighted by Gasteiger charge is -2.31. The predicted molar refractivity (Wildman–Crippen MR) is 114 cm³/mol. The lowest BCUT2D eigenvalue weighted by atomic mass is 9.95. The van der Waals surface area contributed by atoms with Crippen molar-refractivity contribution in [2.45, 2.75) is 52.6 Å². The van der Waals surface area contributed by atoms with Crippen LogP contribution in [0.4, 0.5) is 16.2 Å². The van der Waals surface area contributed by atoms with E-state index in [1.807, 2.05) is 20.8 Å². The molecule has 30 heavy (non-hydrogen) atoms. The summed E-state index contributed by atoms with van der Waals surface area (Å²) in [6.07, 6.45) is 2.40. The lowest BCUT2D eigenvalue weighted by molar-refractivity contribution is -0.143. The molecule has 0 unspecified atom stereocenters. The number of carboxylic acids is 1.